The molecule has 2 amide bonds. The summed E-state index contributed by atoms with van der Waals surface area (Å²) < 4.78 is 21.5. The molecule has 0 aliphatic carbocycles. The Morgan fingerprint density at radius 1 is 0.875 bits per heavy atom. The Balaban J connectivity index is 1.32. The number of carbonyl (C=O) groups is 2. The highest BCUT2D eigenvalue weighted by atomic mass is 35.5. The Kier molecular flexibility index (Phi) is 7.57. The molecule has 1 unspecified atom stereocenters. The average Bonchev–Trinajstić information content (AvgIpc) is 3.71. The molecule has 14 heteroatoms. The minimum atomic E-state index is -2.04. The monoisotopic (exact) mass is 734 g/mol. The standard InChI is InChI=1S/C34H18Cl3FN4O4S2/c35-19-11-12-26-21(13-19)28(43)27-29(46-26)30(44)42(32-39-40-33(48-32)47-16-18-9-10-20(36)14-23(18)37)34(27)22-6-2-4-8-25(22)41(31(34)45)15-17-5-1-3-7-24(17)38/h1-14H,15-16H2. The predicted octanol–water partition coefficient (Wildman–Crippen LogP) is 8.49. The molecule has 0 saturated carbocycles. The van der Waals surface area contributed by atoms with Gasteiger partial charge in [0.05, 0.1) is 23.2 Å². The summed E-state index contributed by atoms with van der Waals surface area (Å²) in [7, 11) is 0. The molecule has 6 aromatic rings. The van der Waals surface area contributed by atoms with Crippen molar-refractivity contribution in [3.63, 3.8) is 0 Å². The van der Waals surface area contributed by atoms with Gasteiger partial charge >= 0.3 is 0 Å². The predicted molar refractivity (Wildman–Crippen MR) is 185 cm³/mol. The highest BCUT2D eigenvalue weighted by molar-refractivity contribution is 8.00. The van der Waals surface area contributed by atoms with Crippen molar-refractivity contribution < 1.29 is 18.4 Å². The summed E-state index contributed by atoms with van der Waals surface area (Å²) in [5.41, 5.74) is -0.877. The van der Waals surface area contributed by atoms with Crippen LogP contribution in [0.1, 0.15) is 32.8 Å². The number of hydrogen-bond acceptors (Lipinski definition) is 8. The number of hydrogen-bond donors (Lipinski definition) is 0. The topological polar surface area (TPSA) is 96.6 Å². The second kappa shape index (κ2) is 11.7. The first-order valence-electron chi connectivity index (χ1n) is 14.3. The van der Waals surface area contributed by atoms with Gasteiger partial charge in [0.25, 0.3) is 11.8 Å². The number of rotatable bonds is 6. The molecule has 48 heavy (non-hydrogen) atoms. The third-order valence-corrected chi connectivity index (χ3v) is 11.2. The molecular weight excluding hydrogens is 718 g/mol. The van der Waals surface area contributed by atoms with Crippen molar-refractivity contribution in [2.24, 2.45) is 0 Å². The molecule has 238 valence electrons. The van der Waals surface area contributed by atoms with E-state index in [2.05, 4.69) is 10.2 Å². The van der Waals surface area contributed by atoms with Crippen LogP contribution >= 0.6 is 57.9 Å². The van der Waals surface area contributed by atoms with Gasteiger partial charge < -0.3 is 9.32 Å². The van der Waals surface area contributed by atoms with Crippen LogP contribution in [0.2, 0.25) is 15.1 Å². The maximum absolute atomic E-state index is 15.1. The quantitative estimate of drug-likeness (QED) is 0.125. The van der Waals surface area contributed by atoms with Crippen LogP contribution < -0.4 is 15.2 Å². The van der Waals surface area contributed by atoms with Gasteiger partial charge in [-0.2, -0.15) is 0 Å². The Bertz CT molecular complexity index is 2400. The van der Waals surface area contributed by atoms with E-state index in [1.807, 2.05) is 6.07 Å². The van der Waals surface area contributed by atoms with E-state index in [4.69, 9.17) is 39.2 Å². The first-order valence-corrected chi connectivity index (χ1v) is 17.3. The van der Waals surface area contributed by atoms with Gasteiger partial charge in [0.2, 0.25) is 10.9 Å². The Morgan fingerprint density at radius 3 is 2.44 bits per heavy atom. The van der Waals surface area contributed by atoms with Crippen LogP contribution in [0.5, 0.6) is 0 Å². The number of thioether (sulfide) groups is 1. The highest BCUT2D eigenvalue weighted by Crippen LogP contribution is 2.55. The molecule has 8 rings (SSSR count). The molecule has 1 spiro atoms. The molecule has 0 saturated heterocycles. The Hall–Kier alpha value is -4.26. The summed E-state index contributed by atoms with van der Waals surface area (Å²) in [5.74, 6) is -1.78. The van der Waals surface area contributed by atoms with Gasteiger partial charge in [-0.1, -0.05) is 100 Å². The molecule has 0 fully saturated rings. The van der Waals surface area contributed by atoms with Crippen molar-refractivity contribution in [2.75, 3.05) is 9.80 Å². The highest BCUT2D eigenvalue weighted by Gasteiger charge is 2.66. The largest absolute Gasteiger partial charge is 0.450 e. The van der Waals surface area contributed by atoms with Crippen molar-refractivity contribution >= 4 is 91.5 Å². The third-order valence-electron chi connectivity index (χ3n) is 8.33. The van der Waals surface area contributed by atoms with Crippen molar-refractivity contribution in [1.82, 2.24) is 10.2 Å². The lowest BCUT2D eigenvalue weighted by atomic mass is 9.84. The zero-order valence-corrected chi connectivity index (χ0v) is 28.1. The molecule has 8 nitrogen and oxygen atoms in total. The van der Waals surface area contributed by atoms with Gasteiger partial charge in [-0.15, -0.1) is 10.2 Å². The molecule has 2 aliphatic heterocycles. The lowest BCUT2D eigenvalue weighted by molar-refractivity contribution is -0.121. The molecule has 0 radical (unpaired) electrons. The van der Waals surface area contributed by atoms with E-state index in [0.29, 0.717) is 31.4 Å². The summed E-state index contributed by atoms with van der Waals surface area (Å²) in [4.78, 5) is 46.6. The summed E-state index contributed by atoms with van der Waals surface area (Å²) in [6.07, 6.45) is 0. The van der Waals surface area contributed by atoms with E-state index in [1.165, 1.54) is 39.8 Å². The first-order chi connectivity index (χ1) is 23.2. The van der Waals surface area contributed by atoms with E-state index in [1.54, 1.807) is 60.7 Å². The summed E-state index contributed by atoms with van der Waals surface area (Å²) in [6, 6.07) is 22.6. The second-order valence-electron chi connectivity index (χ2n) is 11.0. The molecule has 2 aliphatic rings. The molecule has 4 heterocycles. The van der Waals surface area contributed by atoms with Gasteiger partial charge in [0.15, 0.2) is 15.3 Å². The van der Waals surface area contributed by atoms with E-state index in [0.717, 1.165) is 16.9 Å². The molecular formula is C34H18Cl3FN4O4S2. The van der Waals surface area contributed by atoms with Gasteiger partial charge in [-0.3, -0.25) is 19.3 Å². The number of carbonyl (C=O) groups excluding carboxylic acids is 2. The number of benzene rings is 4. The summed E-state index contributed by atoms with van der Waals surface area (Å²) >= 11 is 21.1. The molecule has 0 N–H and O–H groups in total. The Labute approximate surface area is 294 Å². The van der Waals surface area contributed by atoms with E-state index < -0.39 is 28.6 Å². The first kappa shape index (κ1) is 31.0. The van der Waals surface area contributed by atoms with E-state index in [-0.39, 0.29) is 44.6 Å². The van der Waals surface area contributed by atoms with Crippen molar-refractivity contribution in [2.45, 2.75) is 22.2 Å². The van der Waals surface area contributed by atoms with Crippen LogP contribution in [0.25, 0.3) is 11.0 Å². The number of anilines is 2. The minimum Gasteiger partial charge on any atom is -0.450 e. The number of aromatic nitrogens is 2. The molecule has 2 aromatic heterocycles. The normalized spacial score (nSPS) is 16.8. The van der Waals surface area contributed by atoms with Crippen LogP contribution in [0.3, 0.4) is 0 Å². The fourth-order valence-electron chi connectivity index (χ4n) is 6.22. The maximum Gasteiger partial charge on any atom is 0.297 e. The maximum atomic E-state index is 15.1. The summed E-state index contributed by atoms with van der Waals surface area (Å²) in [6.45, 7) is -0.161. The number of para-hydroxylation sites is 1. The lowest BCUT2D eigenvalue weighted by Crippen LogP contribution is -2.53. The van der Waals surface area contributed by atoms with Crippen LogP contribution in [-0.4, -0.2) is 22.0 Å². The number of fused-ring (bicyclic) bond motifs is 5. The van der Waals surface area contributed by atoms with E-state index in [9.17, 15) is 14.0 Å². The van der Waals surface area contributed by atoms with Crippen LogP contribution in [-0.2, 0) is 22.6 Å². The van der Waals surface area contributed by atoms with Crippen molar-refractivity contribution in [3.05, 3.63) is 144 Å². The van der Waals surface area contributed by atoms with E-state index >= 15 is 4.79 Å². The zero-order valence-electron chi connectivity index (χ0n) is 24.2. The molecule has 0 bridgehead atoms. The molecule has 4 aromatic carbocycles. The lowest BCUT2D eigenvalue weighted by Gasteiger charge is -2.32. The third kappa shape index (κ3) is 4.67. The van der Waals surface area contributed by atoms with Crippen LogP contribution in [0.4, 0.5) is 15.2 Å². The molecule has 1 atom stereocenters. The van der Waals surface area contributed by atoms with Gasteiger partial charge in [-0.25, -0.2) is 4.39 Å². The van der Waals surface area contributed by atoms with Gasteiger partial charge in [-0.05, 0) is 48.0 Å². The van der Waals surface area contributed by atoms with Gasteiger partial charge in [0.1, 0.15) is 11.4 Å². The summed E-state index contributed by atoms with van der Waals surface area (Å²) in [5, 5.41) is 10.1. The van der Waals surface area contributed by atoms with Crippen LogP contribution in [0.15, 0.2) is 98.5 Å². The zero-order chi connectivity index (χ0) is 33.3. The fourth-order valence-corrected chi connectivity index (χ4v) is 8.84. The SMILES string of the molecule is O=C1c2oc3ccc(Cl)cc3c(=O)c2C2(C(=O)N(Cc3ccccc3F)c3ccccc32)N1c1nnc(SCc2ccc(Cl)cc2Cl)s1. The number of nitrogens with zero attached hydrogens (tertiary/aromatic N) is 4. The van der Waals surface area contributed by atoms with Crippen molar-refractivity contribution in [3.8, 4) is 0 Å². The smallest absolute Gasteiger partial charge is 0.297 e. The fraction of sp³-hybridized carbons (Fsp3) is 0.0882. The van der Waals surface area contributed by atoms with Crippen molar-refractivity contribution in [1.29, 1.82) is 0 Å². The number of halogens is 4. The van der Waals surface area contributed by atoms with Crippen LogP contribution in [0, 0.1) is 5.82 Å². The number of amides is 2. The Morgan fingerprint density at radius 2 is 1.62 bits per heavy atom. The second-order valence-corrected chi connectivity index (χ2v) is 14.5. The minimum absolute atomic E-state index is 0.0634. The average molecular weight is 736 g/mol. The van der Waals surface area contributed by atoms with Gasteiger partial charge in [0, 0.05) is 31.9 Å².